The van der Waals surface area contributed by atoms with E-state index < -0.39 is 10.0 Å². The largest absolute Gasteiger partial charge is 0.458 e. The molecular formula is C18H19ClN4O4S. The molecule has 0 radical (unpaired) electrons. The Morgan fingerprint density at radius 2 is 1.96 bits per heavy atom. The lowest BCUT2D eigenvalue weighted by molar-refractivity contribution is 0.0828. The van der Waals surface area contributed by atoms with Crippen LogP contribution in [0.25, 0.3) is 11.5 Å². The number of halogens is 1. The smallest absolute Gasteiger partial charge is 0.257 e. The Morgan fingerprint density at radius 1 is 1.29 bits per heavy atom. The number of rotatable bonds is 6. The van der Waals surface area contributed by atoms with Crippen LogP contribution in [0.5, 0.6) is 0 Å². The highest BCUT2D eigenvalue weighted by Crippen LogP contribution is 2.29. The van der Waals surface area contributed by atoms with Crippen molar-refractivity contribution in [2.45, 2.75) is 18.4 Å². The van der Waals surface area contributed by atoms with Crippen LogP contribution in [0, 0.1) is 6.92 Å². The highest BCUT2D eigenvalue weighted by atomic mass is 35.5. The summed E-state index contributed by atoms with van der Waals surface area (Å²) in [6.07, 6.45) is 1.38. The lowest BCUT2D eigenvalue weighted by atomic mass is 10.2. The maximum absolute atomic E-state index is 12.7. The molecule has 28 heavy (non-hydrogen) atoms. The molecule has 1 aromatic carbocycles. The number of aromatic amines is 1. The first-order valence-corrected chi connectivity index (χ1v) is 10.1. The third kappa shape index (κ3) is 4.11. The highest BCUT2D eigenvalue weighted by Gasteiger charge is 2.25. The summed E-state index contributed by atoms with van der Waals surface area (Å²) < 4.78 is 33.5. The lowest BCUT2D eigenvalue weighted by Gasteiger charge is -2.08. The minimum atomic E-state index is -3.83. The van der Waals surface area contributed by atoms with Crippen molar-refractivity contribution >= 4 is 27.5 Å². The number of sulfonamides is 1. The molecule has 0 bridgehead atoms. The molecule has 3 rings (SSSR count). The van der Waals surface area contributed by atoms with E-state index in [1.54, 1.807) is 45.3 Å². The number of nitrogens with zero attached hydrogens (tertiary/aromatic N) is 2. The molecule has 8 nitrogen and oxygen atoms in total. The van der Waals surface area contributed by atoms with Crippen LogP contribution in [-0.2, 0) is 16.6 Å². The molecular weight excluding hydrogens is 404 g/mol. The predicted molar refractivity (Wildman–Crippen MR) is 105 cm³/mol. The molecule has 0 aliphatic carbocycles. The van der Waals surface area contributed by atoms with Gasteiger partial charge in [0.15, 0.2) is 5.76 Å². The van der Waals surface area contributed by atoms with Gasteiger partial charge in [-0.2, -0.15) is 5.10 Å². The number of hydrogen-bond donors (Lipinski definition) is 2. The molecule has 0 saturated carbocycles. The monoisotopic (exact) mass is 422 g/mol. The van der Waals surface area contributed by atoms with Gasteiger partial charge in [-0.1, -0.05) is 23.7 Å². The summed E-state index contributed by atoms with van der Waals surface area (Å²) in [5, 5.41) is 7.15. The number of furan rings is 1. The van der Waals surface area contributed by atoms with Crippen molar-refractivity contribution in [3.05, 3.63) is 58.4 Å². The summed E-state index contributed by atoms with van der Waals surface area (Å²) >= 11 is 5.84. The quantitative estimate of drug-likeness (QED) is 0.635. The average Bonchev–Trinajstić information content (AvgIpc) is 3.27. The number of benzene rings is 1. The Morgan fingerprint density at radius 3 is 2.61 bits per heavy atom. The van der Waals surface area contributed by atoms with E-state index in [4.69, 9.17) is 16.0 Å². The molecule has 0 fully saturated rings. The van der Waals surface area contributed by atoms with Gasteiger partial charge in [0.05, 0.1) is 11.8 Å². The number of amides is 1. The van der Waals surface area contributed by atoms with E-state index >= 15 is 0 Å². The summed E-state index contributed by atoms with van der Waals surface area (Å²) in [4.78, 5) is 13.6. The van der Waals surface area contributed by atoms with E-state index in [0.29, 0.717) is 10.7 Å². The first-order chi connectivity index (χ1) is 13.2. The fourth-order valence-electron chi connectivity index (χ4n) is 2.59. The summed E-state index contributed by atoms with van der Waals surface area (Å²) in [5.41, 5.74) is 1.37. The molecule has 0 atom stereocenters. The molecule has 10 heteroatoms. The predicted octanol–water partition coefficient (Wildman–Crippen LogP) is 2.81. The van der Waals surface area contributed by atoms with Crippen LogP contribution in [0.2, 0.25) is 5.02 Å². The van der Waals surface area contributed by atoms with Gasteiger partial charge in [-0.15, -0.1) is 0 Å². The third-order valence-corrected chi connectivity index (χ3v) is 5.82. The number of H-pyrrole nitrogens is 1. The van der Waals surface area contributed by atoms with E-state index in [1.807, 2.05) is 0 Å². The molecule has 2 aromatic heterocycles. The summed E-state index contributed by atoms with van der Waals surface area (Å²) in [5.74, 6) is 0.145. The maximum atomic E-state index is 12.7. The normalized spacial score (nSPS) is 11.6. The van der Waals surface area contributed by atoms with Crippen LogP contribution in [0.15, 0.2) is 45.8 Å². The minimum absolute atomic E-state index is 0.00526. The fourth-order valence-corrected chi connectivity index (χ4v) is 3.91. The highest BCUT2D eigenvalue weighted by molar-refractivity contribution is 7.89. The number of aromatic nitrogens is 2. The molecule has 0 aliphatic rings. The van der Waals surface area contributed by atoms with Crippen LogP contribution in [0.1, 0.15) is 21.7 Å². The van der Waals surface area contributed by atoms with Gasteiger partial charge in [-0.05, 0) is 24.6 Å². The van der Waals surface area contributed by atoms with Crippen LogP contribution in [-0.4, -0.2) is 43.5 Å². The Labute approximate surface area is 167 Å². The first kappa shape index (κ1) is 20.1. The van der Waals surface area contributed by atoms with Crippen molar-refractivity contribution in [3.8, 4) is 11.5 Å². The zero-order valence-electron chi connectivity index (χ0n) is 15.5. The number of aryl methyl sites for hydroxylation is 1. The Bertz CT molecular complexity index is 1100. The van der Waals surface area contributed by atoms with E-state index in [0.717, 1.165) is 5.56 Å². The summed E-state index contributed by atoms with van der Waals surface area (Å²) in [6.45, 7) is 1.65. The van der Waals surface area contributed by atoms with Crippen LogP contribution < -0.4 is 4.72 Å². The minimum Gasteiger partial charge on any atom is -0.458 e. The molecule has 1 amide bonds. The Kier molecular flexibility index (Phi) is 5.59. The molecule has 3 aromatic rings. The van der Waals surface area contributed by atoms with E-state index in [2.05, 4.69) is 14.9 Å². The second-order valence-electron chi connectivity index (χ2n) is 6.34. The van der Waals surface area contributed by atoms with Gasteiger partial charge in [0, 0.05) is 31.7 Å². The molecule has 148 valence electrons. The van der Waals surface area contributed by atoms with Crippen molar-refractivity contribution in [1.29, 1.82) is 0 Å². The van der Waals surface area contributed by atoms with Crippen LogP contribution >= 0.6 is 11.6 Å². The van der Waals surface area contributed by atoms with E-state index in [1.165, 1.54) is 17.2 Å². The van der Waals surface area contributed by atoms with Gasteiger partial charge in [0.25, 0.3) is 5.91 Å². The van der Waals surface area contributed by atoms with Crippen LogP contribution in [0.3, 0.4) is 0 Å². The number of hydrogen-bond acceptors (Lipinski definition) is 5. The van der Waals surface area contributed by atoms with Crippen molar-refractivity contribution < 1.29 is 17.6 Å². The lowest BCUT2D eigenvalue weighted by Crippen LogP contribution is -2.23. The number of nitrogens with one attached hydrogen (secondary N) is 2. The SMILES string of the molecule is Cc1oc(-c2[nH]ncc2C(=O)N(C)C)cc1S(=O)(=O)NCc1ccc(Cl)cc1. The van der Waals surface area contributed by atoms with Gasteiger partial charge < -0.3 is 9.32 Å². The fraction of sp³-hybridized carbons (Fsp3) is 0.222. The van der Waals surface area contributed by atoms with Gasteiger partial charge in [-0.25, -0.2) is 13.1 Å². The Hall–Kier alpha value is -2.62. The second kappa shape index (κ2) is 7.78. The van der Waals surface area contributed by atoms with E-state index in [-0.39, 0.29) is 34.4 Å². The number of carbonyl (C=O) groups excluding carboxylic acids is 1. The van der Waals surface area contributed by atoms with Gasteiger partial charge in [0.2, 0.25) is 10.0 Å². The molecule has 2 heterocycles. The maximum Gasteiger partial charge on any atom is 0.257 e. The molecule has 0 unspecified atom stereocenters. The van der Waals surface area contributed by atoms with Gasteiger partial charge in [-0.3, -0.25) is 9.89 Å². The zero-order chi connectivity index (χ0) is 20.5. The van der Waals surface area contributed by atoms with Gasteiger partial charge in [0.1, 0.15) is 16.3 Å². The van der Waals surface area contributed by atoms with Crippen molar-refractivity contribution in [2.75, 3.05) is 14.1 Å². The molecule has 0 aliphatic heterocycles. The standard InChI is InChI=1S/C18H19ClN4O4S/c1-11-16(28(25,26)21-9-12-4-6-13(19)7-5-12)8-15(27-11)17-14(10-20-22-17)18(24)23(2)3/h4-8,10,21H,9H2,1-3H3,(H,20,22). The zero-order valence-corrected chi connectivity index (χ0v) is 17.1. The molecule has 0 saturated heterocycles. The second-order valence-corrected chi connectivity index (χ2v) is 8.51. The first-order valence-electron chi connectivity index (χ1n) is 8.29. The average molecular weight is 423 g/mol. The third-order valence-electron chi connectivity index (χ3n) is 4.06. The van der Waals surface area contributed by atoms with Crippen LogP contribution in [0.4, 0.5) is 0 Å². The van der Waals surface area contributed by atoms with Gasteiger partial charge >= 0.3 is 0 Å². The number of carbonyl (C=O) groups is 1. The van der Waals surface area contributed by atoms with E-state index in [9.17, 15) is 13.2 Å². The summed E-state index contributed by atoms with van der Waals surface area (Å²) in [7, 11) is -0.597. The molecule has 0 spiro atoms. The van der Waals surface area contributed by atoms with Crippen molar-refractivity contribution in [1.82, 2.24) is 19.8 Å². The topological polar surface area (TPSA) is 108 Å². The molecule has 2 N–H and O–H groups in total. The van der Waals surface area contributed by atoms with Crippen molar-refractivity contribution in [3.63, 3.8) is 0 Å². The Balaban J connectivity index is 1.87. The van der Waals surface area contributed by atoms with Crippen molar-refractivity contribution in [2.24, 2.45) is 0 Å². The summed E-state index contributed by atoms with van der Waals surface area (Å²) in [6, 6.07) is 8.23.